The third-order valence-electron chi connectivity index (χ3n) is 6.15. The van der Waals surface area contributed by atoms with E-state index in [2.05, 4.69) is 16.8 Å². The molecule has 5 rings (SSSR count). The largest absolute Gasteiger partial charge is 0.489 e. The fraction of sp³-hybridized carbons (Fsp3) is 0.423. The van der Waals surface area contributed by atoms with Crippen LogP contribution in [0.4, 0.5) is 5.69 Å². The molecule has 1 aromatic heterocycles. The van der Waals surface area contributed by atoms with Gasteiger partial charge in [0.05, 0.1) is 30.7 Å². The zero-order chi connectivity index (χ0) is 23.3. The molecule has 0 saturated carbocycles. The fourth-order valence-electron chi connectivity index (χ4n) is 4.34. The van der Waals surface area contributed by atoms with Gasteiger partial charge in [0.15, 0.2) is 11.5 Å². The van der Waals surface area contributed by atoms with Gasteiger partial charge in [-0.2, -0.15) is 0 Å². The number of fused-ring (bicyclic) bond motifs is 3. The number of nitrogen functional groups attached to an aromatic ring is 1. The minimum absolute atomic E-state index is 0.457. The highest BCUT2D eigenvalue weighted by Gasteiger charge is 2.25. The lowest BCUT2D eigenvalue weighted by atomic mass is 10.1. The second kappa shape index (κ2) is 10.4. The van der Waals surface area contributed by atoms with Crippen LogP contribution in [0.2, 0.25) is 0 Å². The summed E-state index contributed by atoms with van der Waals surface area (Å²) in [6.45, 7) is 8.11. The quantitative estimate of drug-likeness (QED) is 0.394. The van der Waals surface area contributed by atoms with Crippen LogP contribution in [0.25, 0.3) is 10.9 Å². The third kappa shape index (κ3) is 4.83. The van der Waals surface area contributed by atoms with E-state index < -0.39 is 0 Å². The van der Waals surface area contributed by atoms with Gasteiger partial charge in [0.25, 0.3) is 0 Å². The summed E-state index contributed by atoms with van der Waals surface area (Å²) < 4.78 is 29.9. The summed E-state index contributed by atoms with van der Waals surface area (Å²) in [6, 6.07) is 9.46. The first-order chi connectivity index (χ1) is 16.7. The van der Waals surface area contributed by atoms with Gasteiger partial charge in [-0.1, -0.05) is 6.92 Å². The van der Waals surface area contributed by atoms with Crippen molar-refractivity contribution in [1.29, 1.82) is 0 Å². The summed E-state index contributed by atoms with van der Waals surface area (Å²) in [5, 5.41) is 0.771. The predicted molar refractivity (Wildman–Crippen MR) is 130 cm³/mol. The molecule has 8 heteroatoms. The summed E-state index contributed by atoms with van der Waals surface area (Å²) in [5.41, 5.74) is 8.60. The Hall–Kier alpha value is -3.23. The Balaban J connectivity index is 1.39. The van der Waals surface area contributed by atoms with Crippen molar-refractivity contribution >= 4 is 16.6 Å². The molecule has 2 N–H and O–H groups in total. The average Bonchev–Trinajstić information content (AvgIpc) is 2.88. The summed E-state index contributed by atoms with van der Waals surface area (Å²) in [5.74, 6) is 3.23. The number of ether oxygens (including phenoxy) is 5. The summed E-state index contributed by atoms with van der Waals surface area (Å²) in [6.07, 6.45) is 3.48. The second-order valence-electron chi connectivity index (χ2n) is 8.41. The highest BCUT2D eigenvalue weighted by atomic mass is 16.6. The van der Waals surface area contributed by atoms with Crippen molar-refractivity contribution in [3.05, 3.63) is 42.1 Å². The van der Waals surface area contributed by atoms with E-state index in [1.807, 2.05) is 30.3 Å². The Kier molecular flexibility index (Phi) is 6.87. The number of pyridine rings is 1. The van der Waals surface area contributed by atoms with Crippen molar-refractivity contribution in [2.75, 3.05) is 58.4 Å². The molecule has 0 radical (unpaired) electrons. The SMILES string of the molecule is CCc1cc(Oc2ccnc3cc(OCCCN4CCOCC4)c4c(c23)OCCO4)ccc1N. The van der Waals surface area contributed by atoms with E-state index in [4.69, 9.17) is 29.4 Å². The number of benzene rings is 2. The van der Waals surface area contributed by atoms with E-state index in [1.165, 1.54) is 0 Å². The fourth-order valence-corrected chi connectivity index (χ4v) is 4.34. The molecule has 0 aliphatic carbocycles. The van der Waals surface area contributed by atoms with Crippen LogP contribution in [0.3, 0.4) is 0 Å². The van der Waals surface area contributed by atoms with E-state index in [9.17, 15) is 0 Å². The molecule has 3 aromatic rings. The van der Waals surface area contributed by atoms with Crippen LogP contribution in [0.15, 0.2) is 36.5 Å². The number of morpholine rings is 1. The lowest BCUT2D eigenvalue weighted by Crippen LogP contribution is -2.37. The van der Waals surface area contributed by atoms with Crippen molar-refractivity contribution in [2.45, 2.75) is 19.8 Å². The number of aromatic nitrogens is 1. The zero-order valence-corrected chi connectivity index (χ0v) is 19.5. The first-order valence-electron chi connectivity index (χ1n) is 11.9. The number of rotatable bonds is 8. The van der Waals surface area contributed by atoms with Crippen molar-refractivity contribution in [1.82, 2.24) is 9.88 Å². The number of nitrogens with two attached hydrogens (primary N) is 1. The van der Waals surface area contributed by atoms with Crippen LogP contribution in [0.5, 0.6) is 28.7 Å². The highest BCUT2D eigenvalue weighted by molar-refractivity contribution is 5.95. The lowest BCUT2D eigenvalue weighted by molar-refractivity contribution is 0.0357. The monoisotopic (exact) mass is 465 g/mol. The molecule has 3 heterocycles. The number of anilines is 1. The van der Waals surface area contributed by atoms with Crippen molar-refractivity contribution in [2.24, 2.45) is 0 Å². The van der Waals surface area contributed by atoms with E-state index in [-0.39, 0.29) is 0 Å². The minimum Gasteiger partial charge on any atom is -0.489 e. The topological polar surface area (TPSA) is 88.3 Å². The minimum atomic E-state index is 0.457. The van der Waals surface area contributed by atoms with Gasteiger partial charge in [0, 0.05) is 37.6 Å². The molecule has 0 bridgehead atoms. The molecule has 0 amide bonds. The van der Waals surface area contributed by atoms with Crippen molar-refractivity contribution in [3.63, 3.8) is 0 Å². The number of hydrogen-bond acceptors (Lipinski definition) is 8. The summed E-state index contributed by atoms with van der Waals surface area (Å²) in [7, 11) is 0. The van der Waals surface area contributed by atoms with Crippen LogP contribution in [0, 0.1) is 0 Å². The number of nitrogens with zero attached hydrogens (tertiary/aromatic N) is 2. The third-order valence-corrected chi connectivity index (χ3v) is 6.15. The van der Waals surface area contributed by atoms with Gasteiger partial charge >= 0.3 is 0 Å². The standard InChI is InChI=1S/C26H31N3O5/c1-2-18-16-19(4-5-20(18)27)34-22-6-7-28-21-17-23(25-26(24(21)22)33-15-14-32-25)31-11-3-8-29-9-12-30-13-10-29/h4-7,16-17H,2-3,8-15,27H2,1H3. The molecule has 1 fully saturated rings. The first kappa shape index (κ1) is 22.6. The van der Waals surface area contributed by atoms with Crippen molar-refractivity contribution in [3.8, 4) is 28.7 Å². The molecule has 8 nitrogen and oxygen atoms in total. The normalized spacial score (nSPS) is 15.9. The van der Waals surface area contributed by atoms with E-state index in [1.54, 1.807) is 6.20 Å². The molecule has 180 valence electrons. The second-order valence-corrected chi connectivity index (χ2v) is 8.41. The van der Waals surface area contributed by atoms with Gasteiger partial charge in [-0.25, -0.2) is 0 Å². The molecule has 0 unspecified atom stereocenters. The number of aryl methyl sites for hydroxylation is 1. The average molecular weight is 466 g/mol. The summed E-state index contributed by atoms with van der Waals surface area (Å²) in [4.78, 5) is 6.96. The Bertz CT molecular complexity index is 1150. The van der Waals surface area contributed by atoms with Gasteiger partial charge < -0.3 is 29.4 Å². The molecule has 1 saturated heterocycles. The molecular formula is C26H31N3O5. The zero-order valence-electron chi connectivity index (χ0n) is 19.5. The highest BCUT2D eigenvalue weighted by Crippen LogP contribution is 2.48. The van der Waals surface area contributed by atoms with E-state index >= 15 is 0 Å². The Morgan fingerprint density at radius 2 is 1.82 bits per heavy atom. The van der Waals surface area contributed by atoms with Crippen LogP contribution >= 0.6 is 0 Å². The molecule has 2 aliphatic heterocycles. The Morgan fingerprint density at radius 1 is 1.00 bits per heavy atom. The van der Waals surface area contributed by atoms with E-state index in [0.717, 1.165) is 67.8 Å². The molecular weight excluding hydrogens is 434 g/mol. The van der Waals surface area contributed by atoms with Gasteiger partial charge in [-0.15, -0.1) is 0 Å². The van der Waals surface area contributed by atoms with Crippen LogP contribution < -0.4 is 24.7 Å². The van der Waals surface area contributed by atoms with Crippen LogP contribution in [-0.2, 0) is 11.2 Å². The van der Waals surface area contributed by atoms with Gasteiger partial charge in [-0.05, 0) is 42.7 Å². The smallest absolute Gasteiger partial charge is 0.204 e. The maximum Gasteiger partial charge on any atom is 0.204 e. The van der Waals surface area contributed by atoms with Gasteiger partial charge in [0.1, 0.15) is 24.7 Å². The lowest BCUT2D eigenvalue weighted by Gasteiger charge is -2.26. The molecule has 0 atom stereocenters. The maximum atomic E-state index is 6.27. The molecule has 0 spiro atoms. The summed E-state index contributed by atoms with van der Waals surface area (Å²) >= 11 is 0. The maximum absolute atomic E-state index is 6.27. The van der Waals surface area contributed by atoms with Gasteiger partial charge in [0.2, 0.25) is 5.75 Å². The van der Waals surface area contributed by atoms with Crippen molar-refractivity contribution < 1.29 is 23.7 Å². The molecule has 2 aliphatic rings. The predicted octanol–water partition coefficient (Wildman–Crippen LogP) is 4.04. The Labute approximate surface area is 199 Å². The molecule has 2 aromatic carbocycles. The number of hydrogen-bond donors (Lipinski definition) is 1. The van der Waals surface area contributed by atoms with E-state index in [0.29, 0.717) is 48.6 Å². The molecule has 34 heavy (non-hydrogen) atoms. The Morgan fingerprint density at radius 3 is 2.65 bits per heavy atom. The van der Waals surface area contributed by atoms with Crippen LogP contribution in [-0.4, -0.2) is 62.6 Å². The first-order valence-corrected chi connectivity index (χ1v) is 11.9. The van der Waals surface area contributed by atoms with Crippen LogP contribution in [0.1, 0.15) is 18.9 Å². The van der Waals surface area contributed by atoms with Gasteiger partial charge in [-0.3, -0.25) is 9.88 Å².